The highest BCUT2D eigenvalue weighted by Gasteiger charge is 2.18. The van der Waals surface area contributed by atoms with Gasteiger partial charge in [0, 0.05) is 18.1 Å². The fraction of sp³-hybridized carbons (Fsp3) is 0.200. The minimum Gasteiger partial charge on any atom is -0.346 e. The van der Waals surface area contributed by atoms with E-state index in [1.807, 2.05) is 55.7 Å². The number of amides is 1. The first-order chi connectivity index (χ1) is 11.6. The van der Waals surface area contributed by atoms with Crippen LogP contribution >= 0.6 is 0 Å². The van der Waals surface area contributed by atoms with E-state index < -0.39 is 0 Å². The number of carbonyl (C=O) groups is 1. The van der Waals surface area contributed by atoms with Crippen molar-refractivity contribution in [1.29, 1.82) is 0 Å². The Morgan fingerprint density at radius 2 is 1.83 bits per heavy atom. The molecule has 0 aliphatic rings. The van der Waals surface area contributed by atoms with Gasteiger partial charge in [0.25, 0.3) is 0 Å². The van der Waals surface area contributed by atoms with E-state index in [0.717, 1.165) is 11.3 Å². The SMILES string of the molecule is Cc1cccc([C@H](CC(=O)Nc2cccc(C)n2)n2cccc2)c1. The van der Waals surface area contributed by atoms with Crippen molar-refractivity contribution < 1.29 is 4.79 Å². The van der Waals surface area contributed by atoms with Crippen LogP contribution in [-0.4, -0.2) is 15.5 Å². The number of aromatic nitrogens is 2. The molecule has 2 heterocycles. The van der Waals surface area contributed by atoms with E-state index in [0.29, 0.717) is 12.2 Å². The predicted octanol–water partition coefficient (Wildman–Crippen LogP) is 4.12. The predicted molar refractivity (Wildman–Crippen MR) is 96.0 cm³/mol. The van der Waals surface area contributed by atoms with Crippen molar-refractivity contribution in [3.63, 3.8) is 0 Å². The lowest BCUT2D eigenvalue weighted by Gasteiger charge is -2.19. The minimum atomic E-state index is -0.0479. The van der Waals surface area contributed by atoms with E-state index in [1.165, 1.54) is 5.56 Å². The van der Waals surface area contributed by atoms with Gasteiger partial charge in [-0.25, -0.2) is 4.98 Å². The van der Waals surface area contributed by atoms with Crippen molar-refractivity contribution in [3.8, 4) is 0 Å². The number of carbonyl (C=O) groups excluding carboxylic acids is 1. The molecule has 0 bridgehead atoms. The van der Waals surface area contributed by atoms with Gasteiger partial charge in [-0.05, 0) is 43.7 Å². The first kappa shape index (κ1) is 16.0. The van der Waals surface area contributed by atoms with Gasteiger partial charge in [0.1, 0.15) is 5.82 Å². The van der Waals surface area contributed by atoms with Crippen LogP contribution in [0.15, 0.2) is 67.0 Å². The van der Waals surface area contributed by atoms with Gasteiger partial charge in [0.05, 0.1) is 12.5 Å². The Labute approximate surface area is 142 Å². The summed E-state index contributed by atoms with van der Waals surface area (Å²) in [4.78, 5) is 16.9. The van der Waals surface area contributed by atoms with Gasteiger partial charge >= 0.3 is 0 Å². The Morgan fingerprint density at radius 3 is 2.54 bits per heavy atom. The molecule has 4 heteroatoms. The lowest BCUT2D eigenvalue weighted by molar-refractivity contribution is -0.116. The smallest absolute Gasteiger partial charge is 0.227 e. The summed E-state index contributed by atoms with van der Waals surface area (Å²) in [5.74, 6) is 0.545. The van der Waals surface area contributed by atoms with Crippen molar-refractivity contribution in [2.75, 3.05) is 5.32 Å². The van der Waals surface area contributed by atoms with E-state index in [4.69, 9.17) is 0 Å². The summed E-state index contributed by atoms with van der Waals surface area (Å²) in [5.41, 5.74) is 3.19. The van der Waals surface area contributed by atoms with Crippen LogP contribution in [-0.2, 0) is 4.79 Å². The molecule has 0 saturated carbocycles. The molecule has 0 fully saturated rings. The van der Waals surface area contributed by atoms with Crippen LogP contribution < -0.4 is 5.32 Å². The van der Waals surface area contributed by atoms with Crippen LogP contribution in [0.3, 0.4) is 0 Å². The van der Waals surface area contributed by atoms with Crippen LogP contribution in [0.1, 0.15) is 29.3 Å². The molecule has 24 heavy (non-hydrogen) atoms. The largest absolute Gasteiger partial charge is 0.346 e. The van der Waals surface area contributed by atoms with E-state index >= 15 is 0 Å². The highest BCUT2D eigenvalue weighted by Crippen LogP contribution is 2.23. The van der Waals surface area contributed by atoms with Crippen molar-refractivity contribution >= 4 is 11.7 Å². The number of rotatable bonds is 5. The molecule has 4 nitrogen and oxygen atoms in total. The molecular formula is C20H21N3O. The summed E-state index contributed by atoms with van der Waals surface area (Å²) in [5, 5.41) is 2.90. The minimum absolute atomic E-state index is 0.0373. The Kier molecular flexibility index (Phi) is 4.75. The number of hydrogen-bond acceptors (Lipinski definition) is 2. The van der Waals surface area contributed by atoms with Gasteiger partial charge in [0.15, 0.2) is 0 Å². The number of benzene rings is 1. The average molecular weight is 319 g/mol. The van der Waals surface area contributed by atoms with Gasteiger partial charge in [-0.15, -0.1) is 0 Å². The second-order valence-corrected chi connectivity index (χ2v) is 5.98. The fourth-order valence-electron chi connectivity index (χ4n) is 2.81. The summed E-state index contributed by atoms with van der Waals surface area (Å²) in [6.45, 7) is 3.97. The molecule has 0 radical (unpaired) electrons. The molecule has 1 N–H and O–H groups in total. The third kappa shape index (κ3) is 3.90. The Bertz CT molecular complexity index is 824. The standard InChI is InChI=1S/C20H21N3O/c1-15-7-5-9-17(13-15)18(23-11-3-4-12-23)14-20(24)22-19-10-6-8-16(2)21-19/h3-13,18H,14H2,1-2H3,(H,21,22,24)/t18-/m0/s1. The van der Waals surface area contributed by atoms with Crippen molar-refractivity contribution in [2.24, 2.45) is 0 Å². The number of anilines is 1. The second kappa shape index (κ2) is 7.13. The number of nitrogens with one attached hydrogen (secondary N) is 1. The van der Waals surface area contributed by atoms with Gasteiger partial charge < -0.3 is 9.88 Å². The molecule has 0 aliphatic carbocycles. The van der Waals surface area contributed by atoms with Gasteiger partial charge in [-0.2, -0.15) is 0 Å². The third-order valence-electron chi connectivity index (χ3n) is 3.95. The van der Waals surface area contributed by atoms with Crippen LogP contribution in [0.4, 0.5) is 5.82 Å². The Balaban J connectivity index is 1.80. The first-order valence-electron chi connectivity index (χ1n) is 8.04. The number of hydrogen-bond donors (Lipinski definition) is 1. The summed E-state index contributed by atoms with van der Waals surface area (Å²) in [7, 11) is 0. The van der Waals surface area contributed by atoms with Crippen molar-refractivity contribution in [2.45, 2.75) is 26.3 Å². The van der Waals surface area contributed by atoms with Crippen LogP contribution in [0.2, 0.25) is 0 Å². The molecule has 3 aromatic rings. The molecule has 0 unspecified atom stereocenters. The molecule has 1 amide bonds. The van der Waals surface area contributed by atoms with Crippen LogP contribution in [0.5, 0.6) is 0 Å². The van der Waals surface area contributed by atoms with E-state index in [1.54, 1.807) is 0 Å². The molecule has 0 aliphatic heterocycles. The average Bonchev–Trinajstić information content (AvgIpc) is 3.07. The zero-order valence-electron chi connectivity index (χ0n) is 13.9. The van der Waals surface area contributed by atoms with Crippen LogP contribution in [0.25, 0.3) is 0 Å². The van der Waals surface area contributed by atoms with Crippen molar-refractivity contribution in [1.82, 2.24) is 9.55 Å². The van der Waals surface area contributed by atoms with Crippen molar-refractivity contribution in [3.05, 3.63) is 83.8 Å². The molecular weight excluding hydrogens is 298 g/mol. The summed E-state index contributed by atoms with van der Waals surface area (Å²) < 4.78 is 2.07. The summed E-state index contributed by atoms with van der Waals surface area (Å²) in [6, 6.07) is 17.8. The molecule has 122 valence electrons. The quantitative estimate of drug-likeness (QED) is 0.769. The van der Waals surface area contributed by atoms with Gasteiger partial charge in [-0.3, -0.25) is 4.79 Å². The summed E-state index contributed by atoms with van der Waals surface area (Å²) in [6.07, 6.45) is 4.34. The first-order valence-corrected chi connectivity index (χ1v) is 8.04. The maximum Gasteiger partial charge on any atom is 0.227 e. The van der Waals surface area contributed by atoms with Crippen LogP contribution in [0, 0.1) is 13.8 Å². The molecule has 1 atom stereocenters. The summed E-state index contributed by atoms with van der Waals surface area (Å²) >= 11 is 0. The van der Waals surface area contributed by atoms with E-state index in [9.17, 15) is 4.79 Å². The number of nitrogens with zero attached hydrogens (tertiary/aromatic N) is 2. The maximum atomic E-state index is 12.5. The topological polar surface area (TPSA) is 46.9 Å². The zero-order chi connectivity index (χ0) is 16.9. The maximum absolute atomic E-state index is 12.5. The lowest BCUT2D eigenvalue weighted by Crippen LogP contribution is -2.20. The molecule has 3 rings (SSSR count). The Morgan fingerprint density at radius 1 is 1.08 bits per heavy atom. The zero-order valence-corrected chi connectivity index (χ0v) is 13.9. The second-order valence-electron chi connectivity index (χ2n) is 5.98. The third-order valence-corrected chi connectivity index (χ3v) is 3.95. The monoisotopic (exact) mass is 319 g/mol. The molecule has 0 spiro atoms. The molecule has 0 saturated heterocycles. The van der Waals surface area contributed by atoms with E-state index in [-0.39, 0.29) is 11.9 Å². The Hall–Kier alpha value is -2.88. The fourth-order valence-corrected chi connectivity index (χ4v) is 2.81. The highest BCUT2D eigenvalue weighted by molar-refractivity contribution is 5.90. The van der Waals surface area contributed by atoms with Gasteiger partial charge in [-0.1, -0.05) is 35.9 Å². The molecule has 2 aromatic heterocycles. The highest BCUT2D eigenvalue weighted by atomic mass is 16.1. The normalized spacial score (nSPS) is 11.9. The number of pyridine rings is 1. The lowest BCUT2D eigenvalue weighted by atomic mass is 10.0. The van der Waals surface area contributed by atoms with Gasteiger partial charge in [0.2, 0.25) is 5.91 Å². The van der Waals surface area contributed by atoms with E-state index in [2.05, 4.69) is 40.0 Å². The molecule has 1 aromatic carbocycles. The number of aryl methyl sites for hydroxylation is 2.